The molecule has 0 unspecified atom stereocenters. The Hall–Kier alpha value is -0.0677. The monoisotopic (exact) mass is 313 g/mol. The molecule has 1 aliphatic rings. The second kappa shape index (κ2) is 5.70. The average molecular weight is 312 g/mol. The van der Waals surface area contributed by atoms with Crippen molar-refractivity contribution in [3.05, 3.63) is 5.32 Å². The quantitative estimate of drug-likeness (QED) is 0.802. The summed E-state index contributed by atoms with van der Waals surface area (Å²) in [5.41, 5.74) is 0. The van der Waals surface area contributed by atoms with E-state index in [1.165, 1.54) is 0 Å². The molecule has 4 heteroatoms. The molecule has 1 N–H and O–H groups in total. The summed E-state index contributed by atoms with van der Waals surface area (Å²) in [5, 5.41) is 7.26. The zero-order valence-electron chi connectivity index (χ0n) is 6.10. The Balaban J connectivity index is 0.000000810. The molecule has 0 aromatic heterocycles. The van der Waals surface area contributed by atoms with Crippen LogP contribution in [0.4, 0.5) is 0 Å². The first-order valence-corrected chi connectivity index (χ1v) is 3.39. The van der Waals surface area contributed by atoms with Crippen LogP contribution >= 0.6 is 0 Å². The molecule has 0 atom stereocenters. The molecule has 1 aliphatic heterocycles. The predicted molar refractivity (Wildman–Crippen MR) is 38.8 cm³/mol. The van der Waals surface area contributed by atoms with Gasteiger partial charge in [-0.15, -0.1) is 0 Å². The van der Waals surface area contributed by atoms with Crippen LogP contribution in [0.25, 0.3) is 5.32 Å². The van der Waals surface area contributed by atoms with E-state index in [2.05, 4.69) is 22.5 Å². The molecular weight excluding hydrogens is 300 g/mol. The number of nitrogens with zero attached hydrogens (tertiary/aromatic N) is 2. The maximum atomic E-state index is 4.18. The summed E-state index contributed by atoms with van der Waals surface area (Å²) in [6.07, 6.45) is 1.10. The van der Waals surface area contributed by atoms with E-state index in [0.717, 1.165) is 32.0 Å². The van der Waals surface area contributed by atoms with Gasteiger partial charge in [0.15, 0.2) is 0 Å². The largest absolute Gasteiger partial charge is 0.439 e. The smallest absolute Gasteiger partial charge is 0.00621 e. The fourth-order valence-corrected chi connectivity index (χ4v) is 0.709. The molecule has 0 saturated carbocycles. The third-order valence-corrected chi connectivity index (χ3v) is 1.14. The second-order valence-corrected chi connectivity index (χ2v) is 2.01. The molecule has 0 spiro atoms. The van der Waals surface area contributed by atoms with Gasteiger partial charge in [-0.2, -0.15) is 0 Å². The molecule has 0 fully saturated rings. The Labute approximate surface area is 75.3 Å². The number of nitrogens with one attached hydrogen (secondary N) is 1. The van der Waals surface area contributed by atoms with Crippen molar-refractivity contribution >= 4 is 5.96 Å². The molecule has 0 aromatic carbocycles. The maximum absolute atomic E-state index is 4.18. The molecule has 0 saturated heterocycles. The van der Waals surface area contributed by atoms with Gasteiger partial charge in [-0.25, -0.2) is 0 Å². The Kier molecular flexibility index (Phi) is 5.66. The molecule has 3 nitrogen and oxygen atoms in total. The number of hydrogen-bond acceptors (Lipinski definition) is 2. The van der Waals surface area contributed by atoms with Gasteiger partial charge in [-0.1, -0.05) is 13.3 Å². The predicted octanol–water partition coefficient (Wildman–Crippen LogP) is 0.727. The fourth-order valence-electron chi connectivity index (χ4n) is 0.709. The first-order chi connectivity index (χ1) is 4.43. The Morgan fingerprint density at radius 3 is 3.00 bits per heavy atom. The van der Waals surface area contributed by atoms with Crippen molar-refractivity contribution in [3.8, 4) is 0 Å². The van der Waals surface area contributed by atoms with E-state index in [9.17, 15) is 0 Å². The van der Waals surface area contributed by atoms with Gasteiger partial charge in [0.1, 0.15) is 0 Å². The van der Waals surface area contributed by atoms with Crippen LogP contribution in [0.3, 0.4) is 0 Å². The third kappa shape index (κ3) is 3.19. The third-order valence-electron chi connectivity index (χ3n) is 1.14. The fraction of sp³-hybridized carbons (Fsp3) is 0.833. The van der Waals surface area contributed by atoms with E-state index >= 15 is 0 Å². The zero-order valence-corrected chi connectivity index (χ0v) is 8.82. The van der Waals surface area contributed by atoms with Crippen molar-refractivity contribution in [2.45, 2.75) is 13.3 Å². The van der Waals surface area contributed by atoms with Crippen molar-refractivity contribution in [2.24, 2.45) is 4.99 Å². The van der Waals surface area contributed by atoms with Crippen LogP contribution < -0.4 is 5.32 Å². The summed E-state index contributed by atoms with van der Waals surface area (Å²) in [6, 6.07) is 0. The van der Waals surface area contributed by atoms with Crippen molar-refractivity contribution in [1.82, 2.24) is 5.32 Å². The number of hydrogen-bond donors (Lipinski definition) is 1. The summed E-state index contributed by atoms with van der Waals surface area (Å²) in [5.74, 6) is 0.844. The molecule has 59 valence electrons. The van der Waals surface area contributed by atoms with Crippen LogP contribution in [0.2, 0.25) is 0 Å². The molecular formula is C6H12N3Re-. The van der Waals surface area contributed by atoms with Crippen molar-refractivity contribution in [2.75, 3.05) is 19.6 Å². The molecule has 0 aromatic rings. The normalized spacial score (nSPS) is 15.1. The van der Waals surface area contributed by atoms with E-state index in [1.54, 1.807) is 0 Å². The van der Waals surface area contributed by atoms with Crippen LogP contribution in [-0.4, -0.2) is 25.6 Å². The molecule has 0 amide bonds. The summed E-state index contributed by atoms with van der Waals surface area (Å²) in [6.45, 7) is 4.86. The first kappa shape index (κ1) is 9.93. The Morgan fingerprint density at radius 1 is 1.70 bits per heavy atom. The number of aliphatic imine (C=N–C) groups is 1. The van der Waals surface area contributed by atoms with Crippen LogP contribution in [0.15, 0.2) is 4.99 Å². The van der Waals surface area contributed by atoms with Crippen molar-refractivity contribution < 1.29 is 20.4 Å². The second-order valence-electron chi connectivity index (χ2n) is 2.01. The van der Waals surface area contributed by atoms with Crippen LogP contribution in [0, 0.1) is 0 Å². The topological polar surface area (TPSA) is 38.5 Å². The molecule has 0 aliphatic carbocycles. The SMILES string of the molecule is CCC[N-]C1=NCCN1.[Re]. The van der Waals surface area contributed by atoms with Gasteiger partial charge in [-0.3, -0.25) is 0 Å². The minimum Gasteiger partial charge on any atom is -0.439 e. The van der Waals surface area contributed by atoms with E-state index in [4.69, 9.17) is 0 Å². The van der Waals surface area contributed by atoms with Crippen LogP contribution in [0.1, 0.15) is 13.3 Å². The van der Waals surface area contributed by atoms with E-state index < -0.39 is 0 Å². The summed E-state index contributed by atoms with van der Waals surface area (Å²) < 4.78 is 0. The molecule has 10 heavy (non-hydrogen) atoms. The van der Waals surface area contributed by atoms with Gasteiger partial charge in [0, 0.05) is 26.4 Å². The number of guanidine groups is 1. The van der Waals surface area contributed by atoms with Crippen molar-refractivity contribution in [3.63, 3.8) is 0 Å². The van der Waals surface area contributed by atoms with Gasteiger partial charge >= 0.3 is 0 Å². The van der Waals surface area contributed by atoms with Crippen LogP contribution in [-0.2, 0) is 20.4 Å². The van der Waals surface area contributed by atoms with E-state index in [0.29, 0.717) is 0 Å². The molecule has 1 rings (SSSR count). The first-order valence-electron chi connectivity index (χ1n) is 3.39. The molecule has 0 bridgehead atoms. The van der Waals surface area contributed by atoms with E-state index in [-0.39, 0.29) is 20.4 Å². The maximum Gasteiger partial charge on any atom is 0.00621 e. The summed E-state index contributed by atoms with van der Waals surface area (Å²) in [7, 11) is 0. The summed E-state index contributed by atoms with van der Waals surface area (Å²) in [4.78, 5) is 4.11. The number of rotatable bonds is 2. The van der Waals surface area contributed by atoms with Gasteiger partial charge < -0.3 is 15.6 Å². The minimum absolute atomic E-state index is 0. The standard InChI is InChI=1S/C6H12N3.Re/c1-2-3-7-6-8-4-5-9-6;/h2-5H2,1H3,(H-,7,8,9);/q-1;. The van der Waals surface area contributed by atoms with Gasteiger partial charge in [0.2, 0.25) is 0 Å². The van der Waals surface area contributed by atoms with Gasteiger partial charge in [-0.05, 0) is 19.6 Å². The van der Waals surface area contributed by atoms with Crippen LogP contribution in [0.5, 0.6) is 0 Å². The average Bonchev–Trinajstić information content (AvgIpc) is 2.34. The Bertz CT molecular complexity index is 114. The van der Waals surface area contributed by atoms with E-state index in [1.807, 2.05) is 0 Å². The minimum atomic E-state index is 0. The van der Waals surface area contributed by atoms with Crippen molar-refractivity contribution in [1.29, 1.82) is 0 Å². The van der Waals surface area contributed by atoms with Gasteiger partial charge in [0.25, 0.3) is 0 Å². The molecule has 1 radical (unpaired) electrons. The molecule has 1 heterocycles. The zero-order chi connectivity index (χ0) is 6.53. The summed E-state index contributed by atoms with van der Waals surface area (Å²) >= 11 is 0. The van der Waals surface area contributed by atoms with Gasteiger partial charge in [0.05, 0.1) is 0 Å². The Morgan fingerprint density at radius 2 is 2.50 bits per heavy atom.